The fourth-order valence-electron chi connectivity index (χ4n) is 2.08. The Balaban J connectivity index is 2.43. The number of rotatable bonds is 5. The predicted molar refractivity (Wildman–Crippen MR) is 72.8 cm³/mol. The van der Waals surface area contributed by atoms with Crippen LogP contribution in [-0.4, -0.2) is 17.6 Å². The number of carbonyl (C=O) groups is 1. The molecule has 18 heavy (non-hydrogen) atoms. The predicted octanol–water partition coefficient (Wildman–Crippen LogP) is 2.27. The summed E-state index contributed by atoms with van der Waals surface area (Å²) in [6, 6.07) is 11.2. The first-order valence-electron chi connectivity index (χ1n) is 5.69. The summed E-state index contributed by atoms with van der Waals surface area (Å²) in [5, 5.41) is 13.5. The Hall–Kier alpha value is -1.65. The number of carboxylic acids is 1. The van der Waals surface area contributed by atoms with Crippen molar-refractivity contribution in [1.82, 2.24) is 0 Å². The smallest absolute Gasteiger partial charge is 0.315 e. The number of thiophene rings is 1. The summed E-state index contributed by atoms with van der Waals surface area (Å²) in [6.07, 6.45) is 0.423. The quantitative estimate of drug-likeness (QED) is 0.868. The zero-order valence-corrected chi connectivity index (χ0v) is 10.7. The normalized spacial score (nSPS) is 14.1. The molecule has 0 saturated heterocycles. The molecule has 2 aromatic rings. The average molecular weight is 261 g/mol. The molecule has 0 amide bonds. The van der Waals surface area contributed by atoms with E-state index in [1.54, 1.807) is 11.3 Å². The van der Waals surface area contributed by atoms with E-state index in [9.17, 15) is 9.90 Å². The van der Waals surface area contributed by atoms with Crippen LogP contribution in [0.5, 0.6) is 0 Å². The van der Waals surface area contributed by atoms with Gasteiger partial charge in [-0.1, -0.05) is 30.3 Å². The summed E-state index contributed by atoms with van der Waals surface area (Å²) < 4.78 is 0. The summed E-state index contributed by atoms with van der Waals surface area (Å²) in [4.78, 5) is 11.7. The van der Waals surface area contributed by atoms with Gasteiger partial charge in [0.25, 0.3) is 0 Å². The zero-order chi connectivity index (χ0) is 13.0. The minimum Gasteiger partial charge on any atom is -0.481 e. The highest BCUT2D eigenvalue weighted by molar-refractivity contribution is 7.07. The van der Waals surface area contributed by atoms with Gasteiger partial charge in [-0.3, -0.25) is 4.79 Å². The van der Waals surface area contributed by atoms with Crippen LogP contribution in [0.15, 0.2) is 47.2 Å². The molecule has 0 fully saturated rings. The molecule has 1 aromatic carbocycles. The molecule has 0 radical (unpaired) electrons. The van der Waals surface area contributed by atoms with Crippen LogP contribution < -0.4 is 5.73 Å². The van der Waals surface area contributed by atoms with E-state index in [-0.39, 0.29) is 6.54 Å². The van der Waals surface area contributed by atoms with E-state index in [0.717, 1.165) is 11.1 Å². The fraction of sp³-hybridized carbons (Fsp3) is 0.214. The van der Waals surface area contributed by atoms with Gasteiger partial charge < -0.3 is 10.8 Å². The van der Waals surface area contributed by atoms with Gasteiger partial charge in [-0.15, -0.1) is 0 Å². The molecule has 2 rings (SSSR count). The molecule has 0 aliphatic heterocycles. The van der Waals surface area contributed by atoms with E-state index in [1.807, 2.05) is 47.2 Å². The molecule has 94 valence electrons. The second-order valence-electron chi connectivity index (χ2n) is 4.27. The van der Waals surface area contributed by atoms with Gasteiger partial charge in [-0.05, 0) is 34.4 Å². The molecule has 1 aromatic heterocycles. The number of benzene rings is 1. The Kier molecular flexibility index (Phi) is 3.79. The van der Waals surface area contributed by atoms with Gasteiger partial charge in [0.15, 0.2) is 0 Å². The highest BCUT2D eigenvalue weighted by Gasteiger charge is 2.39. The van der Waals surface area contributed by atoms with Crippen molar-refractivity contribution >= 4 is 17.3 Å². The second kappa shape index (κ2) is 5.33. The molecule has 0 bridgehead atoms. The summed E-state index contributed by atoms with van der Waals surface area (Å²) in [5.74, 6) is -0.873. The third-order valence-corrected chi connectivity index (χ3v) is 3.90. The zero-order valence-electron chi connectivity index (χ0n) is 9.87. The minimum absolute atomic E-state index is 0.0855. The SMILES string of the molecule is NCC(Cc1ccsc1)(C(=O)O)c1ccccc1. The van der Waals surface area contributed by atoms with Gasteiger partial charge in [0, 0.05) is 6.54 Å². The summed E-state index contributed by atoms with van der Waals surface area (Å²) in [7, 11) is 0. The van der Waals surface area contributed by atoms with Crippen molar-refractivity contribution in [2.24, 2.45) is 5.73 Å². The maximum Gasteiger partial charge on any atom is 0.315 e. The molecule has 1 atom stereocenters. The Morgan fingerprint density at radius 2 is 2.00 bits per heavy atom. The van der Waals surface area contributed by atoms with Crippen molar-refractivity contribution in [3.8, 4) is 0 Å². The molecule has 1 unspecified atom stereocenters. The molecule has 1 heterocycles. The molecule has 0 spiro atoms. The number of aliphatic carboxylic acids is 1. The summed E-state index contributed by atoms with van der Waals surface area (Å²) >= 11 is 1.56. The molecule has 0 aliphatic rings. The van der Waals surface area contributed by atoms with Crippen molar-refractivity contribution in [3.05, 3.63) is 58.3 Å². The van der Waals surface area contributed by atoms with Crippen molar-refractivity contribution < 1.29 is 9.90 Å². The minimum atomic E-state index is -1.04. The maximum atomic E-state index is 11.7. The Labute approximate surface area is 110 Å². The third-order valence-electron chi connectivity index (χ3n) is 3.17. The summed E-state index contributed by atoms with van der Waals surface area (Å²) in [5.41, 5.74) is 6.51. The number of hydrogen-bond donors (Lipinski definition) is 2. The highest BCUT2D eigenvalue weighted by Crippen LogP contribution is 2.29. The lowest BCUT2D eigenvalue weighted by molar-refractivity contribution is -0.143. The molecular formula is C14H15NO2S. The first kappa shape index (κ1) is 12.8. The first-order chi connectivity index (χ1) is 8.69. The number of nitrogens with two attached hydrogens (primary N) is 1. The maximum absolute atomic E-state index is 11.7. The van der Waals surface area contributed by atoms with Gasteiger partial charge in [-0.25, -0.2) is 0 Å². The van der Waals surface area contributed by atoms with Crippen LogP contribution in [0.4, 0.5) is 0 Å². The standard InChI is InChI=1S/C14H15NO2S/c15-10-14(13(16)17,8-11-6-7-18-9-11)12-4-2-1-3-5-12/h1-7,9H,8,10,15H2,(H,16,17). The van der Waals surface area contributed by atoms with E-state index in [1.165, 1.54) is 0 Å². The number of carboxylic acid groups (broad SMARTS) is 1. The highest BCUT2D eigenvalue weighted by atomic mass is 32.1. The second-order valence-corrected chi connectivity index (χ2v) is 5.05. The van der Waals surface area contributed by atoms with E-state index in [4.69, 9.17) is 5.73 Å². The molecule has 3 N–H and O–H groups in total. The largest absolute Gasteiger partial charge is 0.481 e. The summed E-state index contributed by atoms with van der Waals surface area (Å²) in [6.45, 7) is 0.0855. The monoisotopic (exact) mass is 261 g/mol. The Bertz CT molecular complexity index is 510. The first-order valence-corrected chi connectivity index (χ1v) is 6.63. The Morgan fingerprint density at radius 1 is 1.28 bits per heavy atom. The average Bonchev–Trinajstić information content (AvgIpc) is 2.89. The molecule has 0 aliphatic carbocycles. The third kappa shape index (κ3) is 2.30. The van der Waals surface area contributed by atoms with Gasteiger partial charge in [-0.2, -0.15) is 11.3 Å². The Morgan fingerprint density at radius 3 is 2.50 bits per heavy atom. The van der Waals surface area contributed by atoms with Gasteiger partial charge in [0.05, 0.1) is 0 Å². The fourth-order valence-corrected chi connectivity index (χ4v) is 2.75. The lowest BCUT2D eigenvalue weighted by Gasteiger charge is -2.28. The topological polar surface area (TPSA) is 63.3 Å². The molecule has 0 saturated carbocycles. The van der Waals surface area contributed by atoms with Crippen molar-refractivity contribution in [3.63, 3.8) is 0 Å². The van der Waals surface area contributed by atoms with Crippen LogP contribution >= 0.6 is 11.3 Å². The van der Waals surface area contributed by atoms with Gasteiger partial charge in [0.2, 0.25) is 0 Å². The molecule has 3 nitrogen and oxygen atoms in total. The molecule has 4 heteroatoms. The van der Waals surface area contributed by atoms with Crippen molar-refractivity contribution in [1.29, 1.82) is 0 Å². The van der Waals surface area contributed by atoms with E-state index >= 15 is 0 Å². The molecular weight excluding hydrogens is 246 g/mol. The van der Waals surface area contributed by atoms with E-state index < -0.39 is 11.4 Å². The lowest BCUT2D eigenvalue weighted by atomic mass is 9.76. The van der Waals surface area contributed by atoms with Crippen molar-refractivity contribution in [2.75, 3.05) is 6.54 Å². The van der Waals surface area contributed by atoms with Crippen LogP contribution in [-0.2, 0) is 16.6 Å². The van der Waals surface area contributed by atoms with Crippen LogP contribution in [0, 0.1) is 0 Å². The van der Waals surface area contributed by atoms with Gasteiger partial charge in [0.1, 0.15) is 5.41 Å². The van der Waals surface area contributed by atoms with Crippen LogP contribution in [0.3, 0.4) is 0 Å². The van der Waals surface area contributed by atoms with Crippen LogP contribution in [0.1, 0.15) is 11.1 Å². The van der Waals surface area contributed by atoms with Gasteiger partial charge >= 0.3 is 5.97 Å². The number of hydrogen-bond acceptors (Lipinski definition) is 3. The van der Waals surface area contributed by atoms with E-state index in [0.29, 0.717) is 6.42 Å². The van der Waals surface area contributed by atoms with E-state index in [2.05, 4.69) is 0 Å². The van der Waals surface area contributed by atoms with Crippen molar-refractivity contribution in [2.45, 2.75) is 11.8 Å². The van der Waals surface area contributed by atoms with Crippen LogP contribution in [0.2, 0.25) is 0 Å². The van der Waals surface area contributed by atoms with Crippen LogP contribution in [0.25, 0.3) is 0 Å². The lowest BCUT2D eigenvalue weighted by Crippen LogP contribution is -2.44.